The number of nitrogens with one attached hydrogen (secondary N) is 1. The van der Waals surface area contributed by atoms with Crippen molar-refractivity contribution in [3.8, 4) is 0 Å². The third-order valence-electron chi connectivity index (χ3n) is 5.21. The van der Waals surface area contributed by atoms with Gasteiger partial charge in [-0.3, -0.25) is 4.90 Å². The van der Waals surface area contributed by atoms with Crippen LogP contribution in [0.15, 0.2) is 24.3 Å². The molecule has 0 saturated heterocycles. The Balaban J connectivity index is 1.80. The molecule has 1 atom stereocenters. The highest BCUT2D eigenvalue weighted by Crippen LogP contribution is 2.41. The van der Waals surface area contributed by atoms with Crippen LogP contribution in [0.5, 0.6) is 0 Å². The first-order valence-electron chi connectivity index (χ1n) is 7.75. The van der Waals surface area contributed by atoms with E-state index in [-0.39, 0.29) is 0 Å². The molecule has 0 bridgehead atoms. The fraction of sp³-hybridized carbons (Fsp3) is 0.647. The molecule has 104 valence electrons. The number of rotatable bonds is 2. The molecule has 1 aliphatic carbocycles. The molecule has 0 radical (unpaired) electrons. The first-order valence-corrected chi connectivity index (χ1v) is 7.75. The summed E-state index contributed by atoms with van der Waals surface area (Å²) in [4.78, 5) is 2.59. The second-order valence-electron chi connectivity index (χ2n) is 6.27. The standard InChI is InChI=1S/C17H26N2/c1-18-15-9-7-14(8-10-15)17-16-6-4-3-5-13(16)11-12-19(17)2/h3-6,14-15,17-18H,7-12H2,1-2H3. The summed E-state index contributed by atoms with van der Waals surface area (Å²) in [7, 11) is 4.41. The summed E-state index contributed by atoms with van der Waals surface area (Å²) >= 11 is 0. The van der Waals surface area contributed by atoms with Crippen molar-refractivity contribution < 1.29 is 0 Å². The number of likely N-dealkylation sites (N-methyl/N-ethyl adjacent to an activating group) is 1. The van der Waals surface area contributed by atoms with Crippen LogP contribution in [0.3, 0.4) is 0 Å². The zero-order valence-electron chi connectivity index (χ0n) is 12.2. The fourth-order valence-corrected chi connectivity index (χ4v) is 4.06. The molecule has 2 aliphatic rings. The predicted octanol–water partition coefficient (Wildman–Crippen LogP) is 2.99. The van der Waals surface area contributed by atoms with Crippen molar-refractivity contribution >= 4 is 0 Å². The van der Waals surface area contributed by atoms with Crippen molar-refractivity contribution in [3.63, 3.8) is 0 Å². The highest BCUT2D eigenvalue weighted by Gasteiger charge is 2.33. The van der Waals surface area contributed by atoms with E-state index in [1.807, 2.05) is 0 Å². The predicted molar refractivity (Wildman–Crippen MR) is 80.3 cm³/mol. The summed E-state index contributed by atoms with van der Waals surface area (Å²) in [5.74, 6) is 0.844. The van der Waals surface area contributed by atoms with Gasteiger partial charge in [0.1, 0.15) is 0 Å². The topological polar surface area (TPSA) is 15.3 Å². The van der Waals surface area contributed by atoms with Crippen LogP contribution in [0.4, 0.5) is 0 Å². The third kappa shape index (κ3) is 2.56. The maximum atomic E-state index is 3.44. The Kier molecular flexibility index (Phi) is 3.90. The van der Waals surface area contributed by atoms with Crippen LogP contribution in [0.25, 0.3) is 0 Å². The number of hydrogen-bond donors (Lipinski definition) is 1. The summed E-state index contributed by atoms with van der Waals surface area (Å²) in [5, 5.41) is 3.44. The van der Waals surface area contributed by atoms with Gasteiger partial charge >= 0.3 is 0 Å². The van der Waals surface area contributed by atoms with E-state index in [9.17, 15) is 0 Å². The van der Waals surface area contributed by atoms with Crippen LogP contribution in [0.1, 0.15) is 42.9 Å². The van der Waals surface area contributed by atoms with Gasteiger partial charge in [-0.15, -0.1) is 0 Å². The van der Waals surface area contributed by atoms with E-state index in [0.717, 1.165) is 12.0 Å². The molecule has 1 saturated carbocycles. The Morgan fingerprint density at radius 3 is 2.58 bits per heavy atom. The van der Waals surface area contributed by atoms with Crippen LogP contribution in [-0.2, 0) is 6.42 Å². The van der Waals surface area contributed by atoms with Gasteiger partial charge in [-0.25, -0.2) is 0 Å². The monoisotopic (exact) mass is 258 g/mol. The van der Waals surface area contributed by atoms with E-state index in [4.69, 9.17) is 0 Å². The van der Waals surface area contributed by atoms with E-state index in [1.54, 1.807) is 11.1 Å². The van der Waals surface area contributed by atoms with Crippen molar-refractivity contribution in [2.24, 2.45) is 5.92 Å². The minimum atomic E-state index is 0.655. The number of benzene rings is 1. The fourth-order valence-electron chi connectivity index (χ4n) is 4.06. The lowest BCUT2D eigenvalue weighted by Crippen LogP contribution is -2.40. The minimum absolute atomic E-state index is 0.655. The van der Waals surface area contributed by atoms with Gasteiger partial charge in [0.2, 0.25) is 0 Å². The first kappa shape index (κ1) is 13.1. The molecule has 1 unspecified atom stereocenters. The molecule has 2 nitrogen and oxygen atoms in total. The van der Waals surface area contributed by atoms with Crippen LogP contribution >= 0.6 is 0 Å². The maximum absolute atomic E-state index is 3.44. The largest absolute Gasteiger partial charge is 0.317 e. The Hall–Kier alpha value is -0.860. The molecule has 1 aromatic carbocycles. The first-order chi connectivity index (χ1) is 9.29. The number of hydrogen-bond acceptors (Lipinski definition) is 2. The molecule has 2 heteroatoms. The molecule has 19 heavy (non-hydrogen) atoms. The summed E-state index contributed by atoms with van der Waals surface area (Å²) < 4.78 is 0. The lowest BCUT2D eigenvalue weighted by Gasteiger charge is -2.42. The van der Waals surface area contributed by atoms with Crippen LogP contribution < -0.4 is 5.32 Å². The average Bonchev–Trinajstić information content (AvgIpc) is 2.47. The second kappa shape index (κ2) is 5.64. The Morgan fingerprint density at radius 1 is 1.11 bits per heavy atom. The molecular formula is C17H26N2. The lowest BCUT2D eigenvalue weighted by molar-refractivity contribution is 0.126. The minimum Gasteiger partial charge on any atom is -0.317 e. The third-order valence-corrected chi connectivity index (χ3v) is 5.21. The van der Waals surface area contributed by atoms with Gasteiger partial charge in [-0.2, -0.15) is 0 Å². The SMILES string of the molecule is CNC1CCC(C2c3ccccc3CCN2C)CC1. The Bertz CT molecular complexity index is 421. The highest BCUT2D eigenvalue weighted by atomic mass is 15.1. The smallest absolute Gasteiger partial charge is 0.0376 e. The molecule has 0 amide bonds. The quantitative estimate of drug-likeness (QED) is 0.877. The second-order valence-corrected chi connectivity index (χ2v) is 6.27. The van der Waals surface area contributed by atoms with Crippen molar-refractivity contribution in [2.75, 3.05) is 20.6 Å². The van der Waals surface area contributed by atoms with E-state index in [0.29, 0.717) is 6.04 Å². The van der Waals surface area contributed by atoms with Crippen molar-refractivity contribution in [2.45, 2.75) is 44.2 Å². The van der Waals surface area contributed by atoms with Gasteiger partial charge in [0.25, 0.3) is 0 Å². The van der Waals surface area contributed by atoms with Crippen molar-refractivity contribution in [3.05, 3.63) is 35.4 Å². The van der Waals surface area contributed by atoms with Crippen LogP contribution in [-0.4, -0.2) is 31.6 Å². The van der Waals surface area contributed by atoms with Gasteiger partial charge in [-0.1, -0.05) is 24.3 Å². The van der Waals surface area contributed by atoms with Gasteiger partial charge < -0.3 is 5.32 Å². The van der Waals surface area contributed by atoms with E-state index < -0.39 is 0 Å². The zero-order valence-corrected chi connectivity index (χ0v) is 12.2. The summed E-state index contributed by atoms with van der Waals surface area (Å²) in [5.41, 5.74) is 3.19. The molecule has 1 fully saturated rings. The lowest BCUT2D eigenvalue weighted by atomic mass is 9.76. The summed E-state index contributed by atoms with van der Waals surface area (Å²) in [6.07, 6.45) is 6.64. The Labute approximate surface area is 117 Å². The molecule has 1 N–H and O–H groups in total. The Morgan fingerprint density at radius 2 is 1.84 bits per heavy atom. The molecule has 1 aliphatic heterocycles. The van der Waals surface area contributed by atoms with Gasteiger partial charge in [0.15, 0.2) is 0 Å². The van der Waals surface area contributed by atoms with Gasteiger partial charge in [-0.05, 0) is 63.2 Å². The zero-order chi connectivity index (χ0) is 13.2. The van der Waals surface area contributed by atoms with Crippen molar-refractivity contribution in [1.29, 1.82) is 0 Å². The number of nitrogens with zero attached hydrogens (tertiary/aromatic N) is 1. The molecule has 0 aromatic heterocycles. The summed E-state index contributed by atoms with van der Waals surface area (Å²) in [6, 6.07) is 10.5. The van der Waals surface area contributed by atoms with E-state index >= 15 is 0 Å². The summed E-state index contributed by atoms with van der Waals surface area (Å²) in [6.45, 7) is 1.22. The highest BCUT2D eigenvalue weighted by molar-refractivity contribution is 5.33. The molecule has 0 spiro atoms. The van der Waals surface area contributed by atoms with E-state index in [2.05, 4.69) is 48.6 Å². The van der Waals surface area contributed by atoms with Crippen molar-refractivity contribution in [1.82, 2.24) is 10.2 Å². The normalized spacial score (nSPS) is 32.0. The molecule has 1 aromatic rings. The van der Waals surface area contributed by atoms with E-state index in [1.165, 1.54) is 38.6 Å². The van der Waals surface area contributed by atoms with Crippen LogP contribution in [0, 0.1) is 5.92 Å². The average molecular weight is 258 g/mol. The van der Waals surface area contributed by atoms with Gasteiger partial charge in [0, 0.05) is 18.6 Å². The molecule has 1 heterocycles. The molecule has 3 rings (SSSR count). The molecular weight excluding hydrogens is 232 g/mol. The number of fused-ring (bicyclic) bond motifs is 1. The van der Waals surface area contributed by atoms with Gasteiger partial charge in [0.05, 0.1) is 0 Å². The maximum Gasteiger partial charge on any atom is 0.0376 e. The van der Waals surface area contributed by atoms with Crippen LogP contribution in [0.2, 0.25) is 0 Å².